The molecular weight excluding hydrogens is 246 g/mol. The molecule has 1 aromatic rings. The van der Waals surface area contributed by atoms with Crippen LogP contribution in [0.1, 0.15) is 30.9 Å². The van der Waals surface area contributed by atoms with Crippen molar-refractivity contribution in [2.24, 2.45) is 0 Å². The lowest BCUT2D eigenvalue weighted by atomic mass is 10.0. The van der Waals surface area contributed by atoms with Gasteiger partial charge in [-0.05, 0) is 28.8 Å². The van der Waals surface area contributed by atoms with Gasteiger partial charge in [-0.3, -0.25) is 14.9 Å². The first-order chi connectivity index (χ1) is 8.56. The minimum absolute atomic E-state index is 0.236. The summed E-state index contributed by atoms with van der Waals surface area (Å²) < 4.78 is 0. The second-order valence-corrected chi connectivity index (χ2v) is 5.61. The number of nitrogens with one attached hydrogen (secondary N) is 1. The zero-order valence-corrected chi connectivity index (χ0v) is 11.2. The lowest BCUT2D eigenvalue weighted by Gasteiger charge is -2.04. The number of carbonyl (C=O) groups excluding carboxylic acids is 2. The van der Waals surface area contributed by atoms with Crippen LogP contribution in [0.3, 0.4) is 0 Å². The van der Waals surface area contributed by atoms with E-state index in [0.717, 1.165) is 17.3 Å². The van der Waals surface area contributed by atoms with Gasteiger partial charge in [-0.2, -0.15) is 0 Å². The molecule has 1 heterocycles. The van der Waals surface area contributed by atoms with Crippen molar-refractivity contribution in [3.8, 4) is 0 Å². The van der Waals surface area contributed by atoms with Crippen molar-refractivity contribution in [1.29, 1.82) is 0 Å². The molecule has 2 rings (SSSR count). The Hall–Kier alpha value is -1.55. The van der Waals surface area contributed by atoms with E-state index in [1.807, 2.05) is 18.2 Å². The maximum atomic E-state index is 11.3. The van der Waals surface area contributed by atoms with Crippen LogP contribution in [0.15, 0.2) is 30.3 Å². The number of imide groups is 1. The van der Waals surface area contributed by atoms with E-state index in [4.69, 9.17) is 0 Å². The Bertz CT molecular complexity index is 491. The Morgan fingerprint density at radius 2 is 1.89 bits per heavy atom. The molecule has 0 radical (unpaired) electrons. The van der Waals surface area contributed by atoms with E-state index in [0.29, 0.717) is 5.92 Å². The molecule has 1 atom stereocenters. The lowest BCUT2D eigenvalue weighted by Crippen LogP contribution is -2.22. The maximum absolute atomic E-state index is 11.3. The third-order valence-electron chi connectivity index (χ3n) is 2.78. The van der Waals surface area contributed by atoms with Crippen molar-refractivity contribution in [3.05, 3.63) is 41.5 Å². The second kappa shape index (κ2) is 5.40. The molecule has 1 unspecified atom stereocenters. The molecule has 1 saturated heterocycles. The number of carbonyl (C=O) groups is 2. The minimum atomic E-state index is -0.401. The van der Waals surface area contributed by atoms with E-state index in [1.54, 1.807) is 6.08 Å². The highest BCUT2D eigenvalue weighted by molar-refractivity contribution is 8.15. The van der Waals surface area contributed by atoms with Gasteiger partial charge < -0.3 is 0 Å². The van der Waals surface area contributed by atoms with Crippen LogP contribution in [-0.4, -0.2) is 16.4 Å². The SMILES string of the molecule is CC(C)c1ccc(/C=C/C2SC(=O)NC2=O)cc1. The summed E-state index contributed by atoms with van der Waals surface area (Å²) in [5.74, 6) is 0.275. The minimum Gasteiger partial charge on any atom is -0.286 e. The number of hydrogen-bond donors (Lipinski definition) is 1. The molecule has 0 spiro atoms. The van der Waals surface area contributed by atoms with Crippen molar-refractivity contribution in [2.75, 3.05) is 0 Å². The number of rotatable bonds is 3. The van der Waals surface area contributed by atoms with Crippen LogP contribution in [0, 0.1) is 0 Å². The van der Waals surface area contributed by atoms with Crippen LogP contribution < -0.4 is 5.32 Å². The first kappa shape index (κ1) is 12.9. The number of amides is 2. The quantitative estimate of drug-likeness (QED) is 0.909. The molecule has 94 valence electrons. The van der Waals surface area contributed by atoms with Gasteiger partial charge in [0.05, 0.1) is 0 Å². The predicted octanol–water partition coefficient (Wildman–Crippen LogP) is 3.17. The van der Waals surface area contributed by atoms with E-state index in [-0.39, 0.29) is 11.1 Å². The fourth-order valence-corrected chi connectivity index (χ4v) is 2.40. The Morgan fingerprint density at radius 3 is 2.39 bits per heavy atom. The highest BCUT2D eigenvalue weighted by atomic mass is 32.2. The molecule has 0 aliphatic carbocycles. The van der Waals surface area contributed by atoms with Gasteiger partial charge in [-0.25, -0.2) is 0 Å². The fourth-order valence-electron chi connectivity index (χ4n) is 1.69. The van der Waals surface area contributed by atoms with Gasteiger partial charge in [0, 0.05) is 0 Å². The summed E-state index contributed by atoms with van der Waals surface area (Å²) in [6, 6.07) is 8.20. The molecule has 4 heteroatoms. The Morgan fingerprint density at radius 1 is 1.22 bits per heavy atom. The summed E-state index contributed by atoms with van der Waals surface area (Å²) in [4.78, 5) is 22.3. The third kappa shape index (κ3) is 3.01. The van der Waals surface area contributed by atoms with Gasteiger partial charge in [0.25, 0.3) is 5.24 Å². The van der Waals surface area contributed by atoms with Crippen LogP contribution >= 0.6 is 11.8 Å². The molecular formula is C14H15NO2S. The summed E-state index contributed by atoms with van der Waals surface area (Å²) in [6.45, 7) is 4.30. The Labute approximate surface area is 111 Å². The van der Waals surface area contributed by atoms with Crippen LogP contribution in [0.25, 0.3) is 6.08 Å². The average Bonchev–Trinajstić information content (AvgIpc) is 2.66. The smallest absolute Gasteiger partial charge is 0.286 e. The number of thioether (sulfide) groups is 1. The highest BCUT2D eigenvalue weighted by Crippen LogP contribution is 2.21. The van der Waals surface area contributed by atoms with Crippen molar-refractivity contribution >= 4 is 29.0 Å². The number of hydrogen-bond acceptors (Lipinski definition) is 3. The van der Waals surface area contributed by atoms with Crippen molar-refractivity contribution in [3.63, 3.8) is 0 Å². The molecule has 1 fully saturated rings. The molecule has 0 saturated carbocycles. The van der Waals surface area contributed by atoms with E-state index >= 15 is 0 Å². The van der Waals surface area contributed by atoms with Gasteiger partial charge in [-0.15, -0.1) is 0 Å². The normalized spacial score (nSPS) is 19.8. The summed E-state index contributed by atoms with van der Waals surface area (Å²) in [6.07, 6.45) is 3.63. The summed E-state index contributed by atoms with van der Waals surface area (Å²) in [5.41, 5.74) is 2.32. The van der Waals surface area contributed by atoms with Gasteiger partial charge in [0.2, 0.25) is 5.91 Å². The summed E-state index contributed by atoms with van der Waals surface area (Å²) in [7, 11) is 0. The molecule has 1 N–H and O–H groups in total. The van der Waals surface area contributed by atoms with Crippen molar-refractivity contribution in [2.45, 2.75) is 25.0 Å². The lowest BCUT2D eigenvalue weighted by molar-refractivity contribution is -0.118. The zero-order chi connectivity index (χ0) is 13.1. The molecule has 0 bridgehead atoms. The summed E-state index contributed by atoms with van der Waals surface area (Å²) >= 11 is 1.01. The van der Waals surface area contributed by atoms with Gasteiger partial charge in [0.15, 0.2) is 0 Å². The van der Waals surface area contributed by atoms with E-state index in [9.17, 15) is 9.59 Å². The first-order valence-electron chi connectivity index (χ1n) is 5.86. The van der Waals surface area contributed by atoms with Crippen LogP contribution in [0.2, 0.25) is 0 Å². The van der Waals surface area contributed by atoms with Crippen molar-refractivity contribution in [1.82, 2.24) is 5.32 Å². The predicted molar refractivity (Wildman–Crippen MR) is 74.5 cm³/mol. The molecule has 1 aliphatic heterocycles. The number of benzene rings is 1. The van der Waals surface area contributed by atoms with Crippen molar-refractivity contribution < 1.29 is 9.59 Å². The highest BCUT2D eigenvalue weighted by Gasteiger charge is 2.28. The van der Waals surface area contributed by atoms with E-state index < -0.39 is 5.25 Å². The average molecular weight is 261 g/mol. The largest absolute Gasteiger partial charge is 0.286 e. The van der Waals surface area contributed by atoms with Crippen LogP contribution in [0.4, 0.5) is 4.79 Å². The molecule has 1 aromatic carbocycles. The fraction of sp³-hybridized carbons (Fsp3) is 0.286. The topological polar surface area (TPSA) is 46.2 Å². The molecule has 0 aromatic heterocycles. The molecule has 3 nitrogen and oxygen atoms in total. The van der Waals surface area contributed by atoms with E-state index in [2.05, 4.69) is 31.3 Å². The molecule has 18 heavy (non-hydrogen) atoms. The van der Waals surface area contributed by atoms with Gasteiger partial charge >= 0.3 is 0 Å². The monoisotopic (exact) mass is 261 g/mol. The zero-order valence-electron chi connectivity index (χ0n) is 10.3. The Kier molecular flexibility index (Phi) is 3.87. The third-order valence-corrected chi connectivity index (χ3v) is 3.73. The first-order valence-corrected chi connectivity index (χ1v) is 6.74. The van der Waals surface area contributed by atoms with Crippen LogP contribution in [-0.2, 0) is 4.79 Å². The maximum Gasteiger partial charge on any atom is 0.286 e. The van der Waals surface area contributed by atoms with E-state index in [1.165, 1.54) is 5.56 Å². The Balaban J connectivity index is 2.05. The molecule has 1 aliphatic rings. The van der Waals surface area contributed by atoms with Gasteiger partial charge in [0.1, 0.15) is 5.25 Å². The molecule has 2 amide bonds. The second-order valence-electron chi connectivity index (χ2n) is 4.50. The van der Waals surface area contributed by atoms with Gasteiger partial charge in [-0.1, -0.05) is 50.3 Å². The standard InChI is InChI=1S/C14H15NO2S/c1-9(2)11-6-3-10(4-7-11)5-8-12-13(16)15-14(17)18-12/h3-9,12H,1-2H3,(H,15,16,17)/b8-5+. The summed E-state index contributed by atoms with van der Waals surface area (Å²) in [5, 5.41) is 1.59. The van der Waals surface area contributed by atoms with Crippen LogP contribution in [0.5, 0.6) is 0 Å².